The number of aromatic nitrogens is 4. The van der Waals surface area contributed by atoms with Crippen molar-refractivity contribution in [3.8, 4) is 11.3 Å². The SMILES string of the molecule is CCCc1nc(Cc2ccccc2)nn1Cc1ccc(-c2ncccc2C(=O)O)cc1. The van der Waals surface area contributed by atoms with E-state index in [4.69, 9.17) is 10.1 Å². The lowest BCUT2D eigenvalue weighted by molar-refractivity contribution is 0.0697. The summed E-state index contributed by atoms with van der Waals surface area (Å²) in [7, 11) is 0. The Morgan fingerprint density at radius 3 is 2.45 bits per heavy atom. The predicted molar refractivity (Wildman–Crippen MR) is 119 cm³/mol. The third-order valence-electron chi connectivity index (χ3n) is 5.07. The third-order valence-corrected chi connectivity index (χ3v) is 5.07. The van der Waals surface area contributed by atoms with Gasteiger partial charge in [0.05, 0.1) is 17.8 Å². The molecular weight excluding hydrogens is 388 g/mol. The normalized spacial score (nSPS) is 10.9. The lowest BCUT2D eigenvalue weighted by Crippen LogP contribution is -2.07. The molecule has 0 radical (unpaired) electrons. The van der Waals surface area contributed by atoms with E-state index >= 15 is 0 Å². The van der Waals surface area contributed by atoms with Gasteiger partial charge < -0.3 is 5.11 Å². The van der Waals surface area contributed by atoms with E-state index in [2.05, 4.69) is 24.0 Å². The molecule has 4 aromatic rings. The fourth-order valence-electron chi connectivity index (χ4n) is 3.56. The number of carboxylic acid groups (broad SMARTS) is 1. The molecule has 0 atom stereocenters. The molecule has 1 N–H and O–H groups in total. The lowest BCUT2D eigenvalue weighted by atomic mass is 10.0. The molecule has 0 aliphatic heterocycles. The number of benzene rings is 2. The summed E-state index contributed by atoms with van der Waals surface area (Å²) in [6.07, 6.45) is 4.19. The third kappa shape index (κ3) is 4.86. The zero-order valence-corrected chi connectivity index (χ0v) is 17.4. The highest BCUT2D eigenvalue weighted by molar-refractivity contribution is 5.94. The maximum atomic E-state index is 11.5. The summed E-state index contributed by atoms with van der Waals surface area (Å²) in [5.41, 5.74) is 3.71. The van der Waals surface area contributed by atoms with Crippen LogP contribution in [0, 0.1) is 0 Å². The van der Waals surface area contributed by atoms with E-state index in [9.17, 15) is 9.90 Å². The number of carbonyl (C=O) groups is 1. The van der Waals surface area contributed by atoms with Gasteiger partial charge in [0.25, 0.3) is 0 Å². The van der Waals surface area contributed by atoms with Crippen molar-refractivity contribution in [1.29, 1.82) is 0 Å². The fraction of sp³-hybridized carbons (Fsp3) is 0.200. The van der Waals surface area contributed by atoms with E-state index in [-0.39, 0.29) is 5.56 Å². The quantitative estimate of drug-likeness (QED) is 0.456. The van der Waals surface area contributed by atoms with Crippen LogP contribution in [0.4, 0.5) is 0 Å². The first kappa shape index (κ1) is 20.5. The molecule has 2 aromatic carbocycles. The van der Waals surface area contributed by atoms with Gasteiger partial charge in [-0.15, -0.1) is 0 Å². The highest BCUT2D eigenvalue weighted by Crippen LogP contribution is 2.22. The minimum atomic E-state index is -0.982. The Hall–Kier alpha value is -3.80. The van der Waals surface area contributed by atoms with Gasteiger partial charge in [-0.25, -0.2) is 14.5 Å². The molecule has 0 fully saturated rings. The van der Waals surface area contributed by atoms with Gasteiger partial charge >= 0.3 is 5.97 Å². The zero-order valence-electron chi connectivity index (χ0n) is 17.4. The number of aromatic carboxylic acids is 1. The number of carboxylic acids is 1. The van der Waals surface area contributed by atoms with Crippen molar-refractivity contribution < 1.29 is 9.90 Å². The molecule has 0 spiro atoms. The second-order valence-corrected chi connectivity index (χ2v) is 7.42. The molecule has 0 saturated heterocycles. The van der Waals surface area contributed by atoms with Crippen LogP contribution in [0.1, 0.15) is 46.5 Å². The highest BCUT2D eigenvalue weighted by Gasteiger charge is 2.13. The van der Waals surface area contributed by atoms with Crippen molar-refractivity contribution in [2.75, 3.05) is 0 Å². The van der Waals surface area contributed by atoms with E-state index in [0.29, 0.717) is 18.7 Å². The Bertz CT molecular complexity index is 1170. The van der Waals surface area contributed by atoms with Crippen LogP contribution in [-0.4, -0.2) is 30.8 Å². The minimum Gasteiger partial charge on any atom is -0.478 e. The van der Waals surface area contributed by atoms with E-state index in [1.165, 1.54) is 5.56 Å². The van der Waals surface area contributed by atoms with Crippen molar-refractivity contribution in [1.82, 2.24) is 19.7 Å². The molecule has 0 aliphatic rings. The summed E-state index contributed by atoms with van der Waals surface area (Å²) in [5.74, 6) is 0.825. The average Bonchev–Trinajstić information content (AvgIpc) is 3.16. The molecule has 156 valence electrons. The van der Waals surface area contributed by atoms with Gasteiger partial charge in [-0.3, -0.25) is 4.98 Å². The summed E-state index contributed by atoms with van der Waals surface area (Å²) < 4.78 is 1.97. The summed E-state index contributed by atoms with van der Waals surface area (Å²) >= 11 is 0. The van der Waals surface area contributed by atoms with Crippen LogP contribution in [0.3, 0.4) is 0 Å². The van der Waals surface area contributed by atoms with Crippen molar-refractivity contribution in [2.45, 2.75) is 32.7 Å². The van der Waals surface area contributed by atoms with Crippen LogP contribution in [0.25, 0.3) is 11.3 Å². The maximum Gasteiger partial charge on any atom is 0.337 e. The van der Waals surface area contributed by atoms with Crippen LogP contribution in [0.5, 0.6) is 0 Å². The van der Waals surface area contributed by atoms with Gasteiger partial charge in [0.1, 0.15) is 5.82 Å². The van der Waals surface area contributed by atoms with Crippen molar-refractivity contribution in [2.24, 2.45) is 0 Å². The van der Waals surface area contributed by atoms with E-state index < -0.39 is 5.97 Å². The molecule has 6 heteroatoms. The van der Waals surface area contributed by atoms with Crippen molar-refractivity contribution in [3.63, 3.8) is 0 Å². The molecule has 0 saturated carbocycles. The van der Waals surface area contributed by atoms with Crippen LogP contribution in [0.2, 0.25) is 0 Å². The monoisotopic (exact) mass is 412 g/mol. The maximum absolute atomic E-state index is 11.5. The zero-order chi connectivity index (χ0) is 21.6. The molecule has 31 heavy (non-hydrogen) atoms. The van der Waals surface area contributed by atoms with Gasteiger partial charge in [0, 0.05) is 24.6 Å². The highest BCUT2D eigenvalue weighted by atomic mass is 16.4. The second-order valence-electron chi connectivity index (χ2n) is 7.42. The molecule has 0 unspecified atom stereocenters. The predicted octanol–water partition coefficient (Wildman–Crippen LogP) is 4.63. The molecule has 0 aliphatic carbocycles. The van der Waals surface area contributed by atoms with Gasteiger partial charge in [-0.1, -0.05) is 61.5 Å². The Morgan fingerprint density at radius 1 is 0.968 bits per heavy atom. The Morgan fingerprint density at radius 2 is 1.74 bits per heavy atom. The van der Waals surface area contributed by atoms with Crippen LogP contribution in [0.15, 0.2) is 72.9 Å². The van der Waals surface area contributed by atoms with E-state index in [0.717, 1.165) is 35.6 Å². The number of hydrogen-bond acceptors (Lipinski definition) is 4. The van der Waals surface area contributed by atoms with Gasteiger partial charge in [-0.2, -0.15) is 5.10 Å². The number of aryl methyl sites for hydroxylation is 1. The Balaban J connectivity index is 1.56. The Labute approximate surface area is 181 Å². The minimum absolute atomic E-state index is 0.197. The lowest BCUT2D eigenvalue weighted by Gasteiger charge is -2.08. The number of hydrogen-bond donors (Lipinski definition) is 1. The standard InChI is InChI=1S/C25H24N4O2/c1-2-7-23-27-22(16-18-8-4-3-5-9-18)28-29(23)17-19-11-13-20(14-12-19)24-21(25(30)31)10-6-15-26-24/h3-6,8-15H,2,7,16-17H2,1H3,(H,30,31). The molecule has 6 nitrogen and oxygen atoms in total. The molecule has 2 heterocycles. The van der Waals surface area contributed by atoms with Crippen molar-refractivity contribution >= 4 is 5.97 Å². The van der Waals surface area contributed by atoms with Crippen molar-refractivity contribution in [3.05, 3.63) is 101 Å². The largest absolute Gasteiger partial charge is 0.478 e. The fourth-order valence-corrected chi connectivity index (χ4v) is 3.56. The first-order valence-electron chi connectivity index (χ1n) is 10.4. The summed E-state index contributed by atoms with van der Waals surface area (Å²) in [4.78, 5) is 20.5. The van der Waals surface area contributed by atoms with E-state index in [1.54, 1.807) is 18.3 Å². The summed E-state index contributed by atoms with van der Waals surface area (Å²) in [6.45, 7) is 2.75. The van der Waals surface area contributed by atoms with Crippen LogP contribution < -0.4 is 0 Å². The number of pyridine rings is 1. The van der Waals surface area contributed by atoms with Gasteiger partial charge in [0.15, 0.2) is 5.82 Å². The molecule has 0 bridgehead atoms. The number of rotatable bonds is 8. The average molecular weight is 412 g/mol. The molecule has 4 rings (SSSR count). The summed E-state index contributed by atoms with van der Waals surface area (Å²) in [5, 5.41) is 14.2. The van der Waals surface area contributed by atoms with Crippen LogP contribution >= 0.6 is 0 Å². The molecular formula is C25H24N4O2. The molecule has 2 aromatic heterocycles. The first-order chi connectivity index (χ1) is 15.1. The van der Waals surface area contributed by atoms with Crippen LogP contribution in [-0.2, 0) is 19.4 Å². The first-order valence-corrected chi connectivity index (χ1v) is 10.4. The number of nitrogens with zero attached hydrogens (tertiary/aromatic N) is 4. The topological polar surface area (TPSA) is 80.9 Å². The van der Waals surface area contributed by atoms with E-state index in [1.807, 2.05) is 47.1 Å². The Kier molecular flexibility index (Phi) is 6.17. The van der Waals surface area contributed by atoms with Gasteiger partial charge in [-0.05, 0) is 29.7 Å². The van der Waals surface area contributed by atoms with Gasteiger partial charge in [0.2, 0.25) is 0 Å². The summed E-state index contributed by atoms with van der Waals surface area (Å²) in [6, 6.07) is 21.2. The molecule has 0 amide bonds. The second kappa shape index (κ2) is 9.34. The smallest absolute Gasteiger partial charge is 0.337 e.